The Kier molecular flexibility index (Phi) is 10.7. The number of nitrogens with zero attached hydrogens (tertiary/aromatic N) is 2. The molecule has 12 aromatic rings. The predicted molar refractivity (Wildman–Crippen MR) is 303 cm³/mol. The lowest BCUT2D eigenvalue weighted by Gasteiger charge is -2.31. The SMILES string of the molecule is CCc1ccc(N(c2ccc(C)c(C)c2)c2cc(-c3ccc4ccccc4c3)c3ccc4c(N(c5ccc(CC)cc5)c5ccc(C)c(C)c5)cc(-c5ccc6ccccc6c5)c5ccc2c3c54)cc1. The van der Waals surface area contributed by atoms with Crippen molar-refractivity contribution in [2.45, 2.75) is 54.4 Å². The Bertz CT molecular complexity index is 3690. The molecule has 0 aromatic heterocycles. The van der Waals surface area contributed by atoms with Crippen LogP contribution in [-0.4, -0.2) is 0 Å². The van der Waals surface area contributed by atoms with Gasteiger partial charge in [0.2, 0.25) is 0 Å². The number of hydrogen-bond donors (Lipinski definition) is 0. The molecule has 0 heterocycles. The minimum absolute atomic E-state index is 0.985. The van der Waals surface area contributed by atoms with Crippen molar-refractivity contribution in [1.82, 2.24) is 0 Å². The Morgan fingerprint density at radius 1 is 0.300 bits per heavy atom. The standard InChI is InChI=1S/C68H56N2/c1-7-47-19-29-55(30-20-47)69(57-27-17-43(3)45(5)37-57)65-41-63(53-25-23-49-13-9-11-15-51(49)39-53)59-34-36-62-66(70(56-31-21-48(8-2)22-32-56)58-28-18-44(4)46(6)38-58)42-64(60-33-35-61(65)67(59)68(60)62)54-26-24-50-14-10-12-16-52(50)40-54/h9-42H,7-8H2,1-6H3. The Morgan fingerprint density at radius 2 is 0.671 bits per heavy atom. The maximum atomic E-state index is 2.50. The molecule has 0 radical (unpaired) electrons. The molecule has 2 heteroatoms. The Hall–Kier alpha value is -8.20. The largest absolute Gasteiger partial charge is 0.310 e. The molecule has 338 valence electrons. The first-order valence-corrected chi connectivity index (χ1v) is 24.9. The van der Waals surface area contributed by atoms with Crippen LogP contribution in [0.2, 0.25) is 0 Å². The molecule has 0 saturated carbocycles. The topological polar surface area (TPSA) is 6.48 Å². The normalized spacial score (nSPS) is 11.7. The molecule has 0 unspecified atom stereocenters. The number of aryl methyl sites for hydroxylation is 6. The van der Waals surface area contributed by atoms with Crippen LogP contribution in [0.5, 0.6) is 0 Å². The molecule has 12 aromatic carbocycles. The molecule has 0 aliphatic rings. The van der Waals surface area contributed by atoms with Gasteiger partial charge in [-0.1, -0.05) is 147 Å². The molecular weight excluding hydrogens is 845 g/mol. The van der Waals surface area contributed by atoms with Gasteiger partial charge in [0, 0.05) is 44.3 Å². The van der Waals surface area contributed by atoms with Gasteiger partial charge in [-0.05, 0) is 201 Å². The highest BCUT2D eigenvalue weighted by Crippen LogP contribution is 2.52. The van der Waals surface area contributed by atoms with Crippen molar-refractivity contribution in [2.75, 3.05) is 9.80 Å². The van der Waals surface area contributed by atoms with E-state index in [1.807, 2.05) is 0 Å². The molecule has 12 rings (SSSR count). The summed E-state index contributed by atoms with van der Waals surface area (Å²) in [5.41, 5.74) is 19.4. The highest BCUT2D eigenvalue weighted by atomic mass is 15.1. The van der Waals surface area contributed by atoms with Crippen LogP contribution in [0.3, 0.4) is 0 Å². The second-order valence-corrected chi connectivity index (χ2v) is 19.3. The quantitative estimate of drug-likeness (QED) is 0.126. The summed E-state index contributed by atoms with van der Waals surface area (Å²) in [7, 11) is 0. The fourth-order valence-corrected chi connectivity index (χ4v) is 10.9. The number of rotatable bonds is 10. The lowest BCUT2D eigenvalue weighted by molar-refractivity contribution is 1.14. The van der Waals surface area contributed by atoms with Crippen molar-refractivity contribution in [2.24, 2.45) is 0 Å². The van der Waals surface area contributed by atoms with Crippen LogP contribution in [0.1, 0.15) is 47.2 Å². The van der Waals surface area contributed by atoms with Gasteiger partial charge in [0.25, 0.3) is 0 Å². The second-order valence-electron chi connectivity index (χ2n) is 19.3. The summed E-state index contributed by atoms with van der Waals surface area (Å²) >= 11 is 0. The minimum Gasteiger partial charge on any atom is -0.310 e. The first kappa shape index (κ1) is 43.1. The van der Waals surface area contributed by atoms with Gasteiger partial charge in [0.15, 0.2) is 0 Å². The predicted octanol–water partition coefficient (Wildman–Crippen LogP) is 19.5. The van der Waals surface area contributed by atoms with Crippen molar-refractivity contribution in [1.29, 1.82) is 0 Å². The fourth-order valence-electron chi connectivity index (χ4n) is 10.9. The smallest absolute Gasteiger partial charge is 0.0546 e. The molecule has 0 spiro atoms. The first-order valence-electron chi connectivity index (χ1n) is 24.9. The van der Waals surface area contributed by atoms with E-state index < -0.39 is 0 Å². The maximum Gasteiger partial charge on any atom is 0.0546 e. The molecule has 70 heavy (non-hydrogen) atoms. The number of hydrogen-bond acceptors (Lipinski definition) is 2. The van der Waals surface area contributed by atoms with E-state index in [0.717, 1.165) is 47.0 Å². The van der Waals surface area contributed by atoms with Crippen molar-refractivity contribution in [3.8, 4) is 22.3 Å². The summed E-state index contributed by atoms with van der Waals surface area (Å²) in [6.45, 7) is 13.3. The summed E-state index contributed by atoms with van der Waals surface area (Å²) in [5, 5.41) is 12.4. The molecule has 0 N–H and O–H groups in total. The van der Waals surface area contributed by atoms with Gasteiger partial charge in [0.1, 0.15) is 0 Å². The van der Waals surface area contributed by atoms with Crippen LogP contribution in [0.4, 0.5) is 34.1 Å². The third kappa shape index (κ3) is 7.34. The Morgan fingerprint density at radius 3 is 1.06 bits per heavy atom. The average Bonchev–Trinajstić information content (AvgIpc) is 3.40. The lowest BCUT2D eigenvalue weighted by Crippen LogP contribution is -2.12. The number of fused-ring (bicyclic) bond motifs is 2. The van der Waals surface area contributed by atoms with Gasteiger partial charge in [0.05, 0.1) is 11.4 Å². The molecule has 0 bridgehead atoms. The van der Waals surface area contributed by atoms with E-state index in [9.17, 15) is 0 Å². The molecule has 0 fully saturated rings. The summed E-state index contributed by atoms with van der Waals surface area (Å²) in [6.07, 6.45) is 1.97. The highest BCUT2D eigenvalue weighted by molar-refractivity contribution is 6.32. The van der Waals surface area contributed by atoms with Crippen LogP contribution in [0, 0.1) is 27.7 Å². The van der Waals surface area contributed by atoms with Gasteiger partial charge in [-0.3, -0.25) is 0 Å². The van der Waals surface area contributed by atoms with E-state index in [2.05, 4.69) is 258 Å². The van der Waals surface area contributed by atoms with Crippen molar-refractivity contribution >= 4 is 88.0 Å². The number of anilines is 6. The molecule has 0 aliphatic carbocycles. The number of benzene rings is 12. The summed E-state index contributed by atoms with van der Waals surface area (Å²) < 4.78 is 0. The van der Waals surface area contributed by atoms with E-state index in [4.69, 9.17) is 0 Å². The summed E-state index contributed by atoms with van der Waals surface area (Å²) in [5.74, 6) is 0. The highest BCUT2D eigenvalue weighted by Gasteiger charge is 2.26. The monoisotopic (exact) mass is 900 g/mol. The Balaban J connectivity index is 1.25. The fraction of sp³-hybridized carbons (Fsp3) is 0.118. The molecule has 0 saturated heterocycles. The molecule has 0 atom stereocenters. The van der Waals surface area contributed by atoms with Crippen LogP contribution in [0.15, 0.2) is 206 Å². The van der Waals surface area contributed by atoms with Crippen LogP contribution in [0.25, 0.3) is 76.1 Å². The van der Waals surface area contributed by atoms with Crippen molar-refractivity contribution in [3.63, 3.8) is 0 Å². The van der Waals surface area contributed by atoms with Crippen molar-refractivity contribution < 1.29 is 0 Å². The molecule has 2 nitrogen and oxygen atoms in total. The van der Waals surface area contributed by atoms with E-state index >= 15 is 0 Å². The molecule has 0 aliphatic heterocycles. The van der Waals surface area contributed by atoms with Crippen LogP contribution >= 0.6 is 0 Å². The zero-order chi connectivity index (χ0) is 47.6. The van der Waals surface area contributed by atoms with Gasteiger partial charge in [-0.25, -0.2) is 0 Å². The molecule has 0 amide bonds. The molecular formula is C68H56N2. The van der Waals surface area contributed by atoms with Gasteiger partial charge in [-0.15, -0.1) is 0 Å². The third-order valence-electron chi connectivity index (χ3n) is 15.2. The van der Waals surface area contributed by atoms with Crippen molar-refractivity contribution in [3.05, 3.63) is 240 Å². The van der Waals surface area contributed by atoms with E-state index in [-0.39, 0.29) is 0 Å². The van der Waals surface area contributed by atoms with Gasteiger partial charge >= 0.3 is 0 Å². The summed E-state index contributed by atoms with van der Waals surface area (Å²) in [4.78, 5) is 5.01. The van der Waals surface area contributed by atoms with Gasteiger partial charge in [-0.2, -0.15) is 0 Å². The Labute approximate surface area is 412 Å². The third-order valence-corrected chi connectivity index (χ3v) is 15.2. The van der Waals surface area contributed by atoms with Gasteiger partial charge < -0.3 is 9.80 Å². The maximum absolute atomic E-state index is 2.50. The van der Waals surface area contributed by atoms with E-state index in [1.165, 1.54) is 109 Å². The average molecular weight is 901 g/mol. The first-order chi connectivity index (χ1) is 34.2. The lowest BCUT2D eigenvalue weighted by atomic mass is 9.84. The zero-order valence-corrected chi connectivity index (χ0v) is 40.9. The van der Waals surface area contributed by atoms with Crippen LogP contribution in [-0.2, 0) is 12.8 Å². The minimum atomic E-state index is 0.985. The van der Waals surface area contributed by atoms with Crippen LogP contribution < -0.4 is 9.80 Å². The second kappa shape index (κ2) is 17.4. The van der Waals surface area contributed by atoms with E-state index in [0.29, 0.717) is 0 Å². The zero-order valence-electron chi connectivity index (χ0n) is 40.9. The summed E-state index contributed by atoms with van der Waals surface area (Å²) in [6, 6.07) is 78.3. The van der Waals surface area contributed by atoms with E-state index in [1.54, 1.807) is 0 Å².